The number of carbonyl (C=O) groups is 1. The highest BCUT2D eigenvalue weighted by atomic mass is 35.5. The summed E-state index contributed by atoms with van der Waals surface area (Å²) in [7, 11) is 1.52. The summed E-state index contributed by atoms with van der Waals surface area (Å²) in [5.74, 6) is -1.13. The van der Waals surface area contributed by atoms with Crippen molar-refractivity contribution in [3.8, 4) is 11.4 Å². The number of nitrogens with zero attached hydrogens (tertiary/aromatic N) is 3. The molecule has 28 heavy (non-hydrogen) atoms. The zero-order valence-electron chi connectivity index (χ0n) is 15.1. The fraction of sp³-hybridized carbons (Fsp3) is 0.211. The third-order valence-corrected chi connectivity index (χ3v) is 4.56. The quantitative estimate of drug-likeness (QED) is 0.708. The summed E-state index contributed by atoms with van der Waals surface area (Å²) >= 11 is 5.66. The Kier molecular flexibility index (Phi) is 5.60. The fourth-order valence-electron chi connectivity index (χ4n) is 2.73. The molecule has 0 saturated carbocycles. The van der Waals surface area contributed by atoms with Crippen molar-refractivity contribution < 1.29 is 13.6 Å². The number of hydrogen-bond donors (Lipinski definition) is 1. The second kappa shape index (κ2) is 7.93. The van der Waals surface area contributed by atoms with Crippen molar-refractivity contribution in [2.45, 2.75) is 19.5 Å². The lowest BCUT2D eigenvalue weighted by Crippen LogP contribution is -2.34. The standard InChI is InChI=1S/C19H17ClF2N4O2/c1-11(13-5-8-15(20)16(22)9-13)23-17(27)10-26-19(28)25(2)18(24-26)12-3-6-14(21)7-4-12/h3-9,11H,10H2,1-2H3,(H,23,27)/t11-/m0/s1. The van der Waals surface area contributed by atoms with E-state index >= 15 is 0 Å². The van der Waals surface area contributed by atoms with E-state index in [1.165, 1.54) is 48.0 Å². The first-order valence-electron chi connectivity index (χ1n) is 8.40. The van der Waals surface area contributed by atoms with Crippen LogP contribution in [-0.4, -0.2) is 20.3 Å². The Morgan fingerprint density at radius 3 is 2.54 bits per heavy atom. The predicted octanol–water partition coefficient (Wildman–Crippen LogP) is 3.06. The molecule has 9 heteroatoms. The first-order chi connectivity index (χ1) is 13.3. The molecule has 3 rings (SSSR count). The molecule has 146 valence electrons. The Morgan fingerprint density at radius 2 is 1.89 bits per heavy atom. The normalized spacial score (nSPS) is 12.0. The second-order valence-corrected chi connectivity index (χ2v) is 6.70. The zero-order chi connectivity index (χ0) is 20.4. The lowest BCUT2D eigenvalue weighted by atomic mass is 10.1. The second-order valence-electron chi connectivity index (χ2n) is 6.29. The van der Waals surface area contributed by atoms with Gasteiger partial charge in [0.25, 0.3) is 0 Å². The van der Waals surface area contributed by atoms with E-state index in [0.29, 0.717) is 17.0 Å². The summed E-state index contributed by atoms with van der Waals surface area (Å²) in [5.41, 5.74) is 0.598. The van der Waals surface area contributed by atoms with Crippen LogP contribution in [0.4, 0.5) is 8.78 Å². The number of hydrogen-bond acceptors (Lipinski definition) is 3. The summed E-state index contributed by atoms with van der Waals surface area (Å²) < 4.78 is 29.0. The van der Waals surface area contributed by atoms with E-state index < -0.39 is 29.3 Å². The summed E-state index contributed by atoms with van der Waals surface area (Å²) in [5, 5.41) is 6.84. The number of benzene rings is 2. The van der Waals surface area contributed by atoms with Gasteiger partial charge in [-0.05, 0) is 48.9 Å². The number of nitrogens with one attached hydrogen (secondary N) is 1. The average Bonchev–Trinajstić information content (AvgIpc) is 2.93. The van der Waals surface area contributed by atoms with Crippen LogP contribution in [0.1, 0.15) is 18.5 Å². The van der Waals surface area contributed by atoms with Crippen LogP contribution in [0, 0.1) is 11.6 Å². The van der Waals surface area contributed by atoms with Gasteiger partial charge < -0.3 is 5.32 Å². The Hall–Kier alpha value is -3.00. The number of aromatic nitrogens is 3. The van der Waals surface area contributed by atoms with Crippen LogP contribution in [0.5, 0.6) is 0 Å². The van der Waals surface area contributed by atoms with E-state index in [0.717, 1.165) is 4.68 Å². The van der Waals surface area contributed by atoms with Gasteiger partial charge in [0.1, 0.15) is 18.2 Å². The van der Waals surface area contributed by atoms with Gasteiger partial charge in [-0.15, -0.1) is 5.10 Å². The number of rotatable bonds is 5. The lowest BCUT2D eigenvalue weighted by Gasteiger charge is -2.14. The molecule has 1 heterocycles. The molecule has 0 bridgehead atoms. The van der Waals surface area contributed by atoms with Gasteiger partial charge >= 0.3 is 5.69 Å². The van der Waals surface area contributed by atoms with E-state index in [4.69, 9.17) is 11.6 Å². The third kappa shape index (κ3) is 4.12. The Morgan fingerprint density at radius 1 is 1.21 bits per heavy atom. The maximum absolute atomic E-state index is 13.6. The molecule has 0 aliphatic carbocycles. The number of amides is 1. The van der Waals surface area contributed by atoms with Crippen molar-refractivity contribution in [3.63, 3.8) is 0 Å². The van der Waals surface area contributed by atoms with Gasteiger partial charge in [-0.1, -0.05) is 17.7 Å². The molecule has 0 radical (unpaired) electrons. The van der Waals surface area contributed by atoms with Crippen LogP contribution in [0.25, 0.3) is 11.4 Å². The van der Waals surface area contributed by atoms with Gasteiger partial charge in [-0.2, -0.15) is 0 Å². The van der Waals surface area contributed by atoms with Gasteiger partial charge in [0, 0.05) is 12.6 Å². The average molecular weight is 407 g/mol. The van der Waals surface area contributed by atoms with Gasteiger partial charge in [0.2, 0.25) is 5.91 Å². The first-order valence-corrected chi connectivity index (χ1v) is 8.78. The van der Waals surface area contributed by atoms with Gasteiger partial charge in [-0.3, -0.25) is 9.36 Å². The van der Waals surface area contributed by atoms with Crippen molar-refractivity contribution in [2.24, 2.45) is 7.05 Å². The van der Waals surface area contributed by atoms with Crippen molar-refractivity contribution in [3.05, 3.63) is 75.2 Å². The zero-order valence-corrected chi connectivity index (χ0v) is 15.9. The van der Waals surface area contributed by atoms with Crippen LogP contribution >= 0.6 is 11.6 Å². The first kappa shape index (κ1) is 19.8. The molecule has 1 aromatic heterocycles. The molecule has 0 aliphatic rings. The summed E-state index contributed by atoms with van der Waals surface area (Å²) in [6.45, 7) is 1.37. The van der Waals surface area contributed by atoms with Crippen molar-refractivity contribution >= 4 is 17.5 Å². The molecule has 1 amide bonds. The number of carbonyl (C=O) groups excluding carboxylic acids is 1. The molecular weight excluding hydrogens is 390 g/mol. The summed E-state index contributed by atoms with van der Waals surface area (Å²) in [6.07, 6.45) is 0. The van der Waals surface area contributed by atoms with Crippen LogP contribution in [0.15, 0.2) is 47.3 Å². The van der Waals surface area contributed by atoms with E-state index in [-0.39, 0.29) is 11.6 Å². The Labute approximate surface area is 164 Å². The van der Waals surface area contributed by atoms with Crippen molar-refractivity contribution in [1.29, 1.82) is 0 Å². The Bertz CT molecular complexity index is 1080. The van der Waals surface area contributed by atoms with Crippen molar-refractivity contribution in [1.82, 2.24) is 19.7 Å². The molecule has 0 unspecified atom stereocenters. The SMILES string of the molecule is C[C@H](NC(=O)Cn1nc(-c2ccc(F)cc2)n(C)c1=O)c1ccc(Cl)c(F)c1. The highest BCUT2D eigenvalue weighted by molar-refractivity contribution is 6.30. The molecule has 0 saturated heterocycles. The number of halogens is 3. The minimum Gasteiger partial charge on any atom is -0.348 e. The van der Waals surface area contributed by atoms with Crippen LogP contribution < -0.4 is 11.0 Å². The van der Waals surface area contributed by atoms with Crippen molar-refractivity contribution in [2.75, 3.05) is 0 Å². The van der Waals surface area contributed by atoms with Gasteiger partial charge in [0.15, 0.2) is 5.82 Å². The molecule has 3 aromatic rings. The van der Waals surface area contributed by atoms with E-state index in [2.05, 4.69) is 10.4 Å². The highest BCUT2D eigenvalue weighted by Gasteiger charge is 2.17. The van der Waals surface area contributed by atoms with E-state index in [1.54, 1.807) is 13.0 Å². The molecule has 0 spiro atoms. The summed E-state index contributed by atoms with van der Waals surface area (Å²) in [4.78, 5) is 24.7. The molecule has 2 aromatic carbocycles. The molecule has 1 atom stereocenters. The van der Waals surface area contributed by atoms with Crippen LogP contribution in [0.3, 0.4) is 0 Å². The molecule has 1 N–H and O–H groups in total. The minimum absolute atomic E-state index is 0.00404. The molecular formula is C19H17ClF2N4O2. The topological polar surface area (TPSA) is 68.9 Å². The molecule has 0 fully saturated rings. The molecule has 6 nitrogen and oxygen atoms in total. The maximum Gasteiger partial charge on any atom is 0.346 e. The summed E-state index contributed by atoms with van der Waals surface area (Å²) in [6, 6.07) is 9.29. The highest BCUT2D eigenvalue weighted by Crippen LogP contribution is 2.20. The van der Waals surface area contributed by atoms with E-state index in [1.807, 2.05) is 0 Å². The smallest absolute Gasteiger partial charge is 0.346 e. The molecule has 0 aliphatic heterocycles. The Balaban J connectivity index is 1.75. The van der Waals surface area contributed by atoms with Gasteiger partial charge in [0.05, 0.1) is 11.1 Å². The third-order valence-electron chi connectivity index (χ3n) is 4.26. The fourth-order valence-corrected chi connectivity index (χ4v) is 2.85. The minimum atomic E-state index is -0.579. The monoisotopic (exact) mass is 406 g/mol. The predicted molar refractivity (Wildman–Crippen MR) is 101 cm³/mol. The van der Waals surface area contributed by atoms with Crippen LogP contribution in [-0.2, 0) is 18.4 Å². The van der Waals surface area contributed by atoms with E-state index in [9.17, 15) is 18.4 Å². The lowest BCUT2D eigenvalue weighted by molar-refractivity contribution is -0.122. The van der Waals surface area contributed by atoms with Gasteiger partial charge in [-0.25, -0.2) is 18.3 Å². The maximum atomic E-state index is 13.6. The largest absolute Gasteiger partial charge is 0.348 e. The van der Waals surface area contributed by atoms with Crippen LogP contribution in [0.2, 0.25) is 5.02 Å².